The Morgan fingerprint density at radius 1 is 1.16 bits per heavy atom. The molecule has 2 heterocycles. The molecule has 12 heteroatoms. The van der Waals surface area contributed by atoms with Crippen LogP contribution in [-0.4, -0.2) is 44.4 Å². The van der Waals surface area contributed by atoms with E-state index in [2.05, 4.69) is 20.4 Å². The summed E-state index contributed by atoms with van der Waals surface area (Å²) in [6.45, 7) is 1.78. The number of anilines is 2. The molecule has 0 saturated carbocycles. The second kappa shape index (κ2) is 9.76. The molecule has 0 unspecified atom stereocenters. The molecule has 0 radical (unpaired) electrons. The molecule has 0 bridgehead atoms. The van der Waals surface area contributed by atoms with Crippen molar-refractivity contribution >= 4 is 58.2 Å². The Balaban J connectivity index is 1.52. The molecule has 1 aliphatic rings. The first-order chi connectivity index (χ1) is 15.4. The lowest BCUT2D eigenvalue weighted by atomic mass is 10.3. The van der Waals surface area contributed by atoms with Gasteiger partial charge in [-0.2, -0.15) is 0 Å². The number of hydrogen-bond acceptors (Lipinski definition) is 7. The zero-order chi connectivity index (χ0) is 22.7. The normalized spacial score (nSPS) is 13.4. The number of carbonyl (C=O) groups excluding carboxylic acids is 1. The highest BCUT2D eigenvalue weighted by atomic mass is 35.5. The van der Waals surface area contributed by atoms with Crippen LogP contribution in [0.15, 0.2) is 47.6 Å². The molecular weight excluding hydrogens is 475 g/mol. The number of amides is 1. The number of thioether (sulfide) groups is 1. The highest BCUT2D eigenvalue weighted by Gasteiger charge is 2.23. The molecule has 0 aliphatic carbocycles. The quantitative estimate of drug-likeness (QED) is 0.286. The molecule has 32 heavy (non-hydrogen) atoms. The summed E-state index contributed by atoms with van der Waals surface area (Å²) in [4.78, 5) is 25.0. The summed E-state index contributed by atoms with van der Waals surface area (Å²) in [5, 5.41) is 23.4. The van der Waals surface area contributed by atoms with Crippen LogP contribution in [0.5, 0.6) is 0 Å². The molecule has 2 aromatic carbocycles. The van der Waals surface area contributed by atoms with E-state index in [0.29, 0.717) is 21.8 Å². The minimum Gasteiger partial charge on any atom is -0.341 e. The van der Waals surface area contributed by atoms with Gasteiger partial charge in [-0.05, 0) is 37.1 Å². The lowest BCUT2D eigenvalue weighted by Crippen LogP contribution is -2.22. The highest BCUT2D eigenvalue weighted by molar-refractivity contribution is 7.99. The Morgan fingerprint density at radius 3 is 2.62 bits per heavy atom. The average Bonchev–Trinajstić information content (AvgIpc) is 3.43. The molecule has 166 valence electrons. The Kier molecular flexibility index (Phi) is 6.83. The SMILES string of the molecule is O=C(CSc1nnc(N2CCCC2)n1-c1cccc(Cl)c1)Nc1ccc([N+](=O)[O-])cc1Cl. The van der Waals surface area contributed by atoms with Crippen molar-refractivity contribution in [1.29, 1.82) is 0 Å². The van der Waals surface area contributed by atoms with Crippen molar-refractivity contribution in [3.8, 4) is 5.69 Å². The van der Waals surface area contributed by atoms with Gasteiger partial charge in [-0.15, -0.1) is 10.2 Å². The summed E-state index contributed by atoms with van der Waals surface area (Å²) in [7, 11) is 0. The Bertz CT molecular complexity index is 1170. The first-order valence-corrected chi connectivity index (χ1v) is 11.5. The summed E-state index contributed by atoms with van der Waals surface area (Å²) < 4.78 is 1.90. The van der Waals surface area contributed by atoms with Gasteiger partial charge in [0, 0.05) is 30.2 Å². The Hall–Kier alpha value is -2.82. The number of halogens is 2. The van der Waals surface area contributed by atoms with Crippen LogP contribution in [0.3, 0.4) is 0 Å². The predicted molar refractivity (Wildman–Crippen MR) is 125 cm³/mol. The van der Waals surface area contributed by atoms with E-state index in [9.17, 15) is 14.9 Å². The third kappa shape index (κ3) is 4.98. The minimum atomic E-state index is -0.548. The van der Waals surface area contributed by atoms with Crippen molar-refractivity contribution in [3.63, 3.8) is 0 Å². The fourth-order valence-electron chi connectivity index (χ4n) is 3.35. The first-order valence-electron chi connectivity index (χ1n) is 9.75. The molecule has 3 aromatic rings. The second-order valence-electron chi connectivity index (χ2n) is 7.05. The van der Waals surface area contributed by atoms with Gasteiger partial charge in [0.15, 0.2) is 5.16 Å². The fraction of sp³-hybridized carbons (Fsp3) is 0.250. The van der Waals surface area contributed by atoms with Gasteiger partial charge in [-0.3, -0.25) is 19.5 Å². The Labute approximate surface area is 197 Å². The Morgan fingerprint density at radius 2 is 1.94 bits per heavy atom. The molecule has 1 amide bonds. The summed E-state index contributed by atoms with van der Waals surface area (Å²) >= 11 is 13.5. The van der Waals surface area contributed by atoms with E-state index < -0.39 is 4.92 Å². The lowest BCUT2D eigenvalue weighted by molar-refractivity contribution is -0.384. The van der Waals surface area contributed by atoms with E-state index in [1.807, 2.05) is 22.8 Å². The van der Waals surface area contributed by atoms with Crippen molar-refractivity contribution in [3.05, 3.63) is 62.6 Å². The van der Waals surface area contributed by atoms with Crippen LogP contribution >= 0.6 is 35.0 Å². The summed E-state index contributed by atoms with van der Waals surface area (Å²) in [5.41, 5.74) is 0.967. The van der Waals surface area contributed by atoms with Crippen LogP contribution in [0.25, 0.3) is 5.69 Å². The van der Waals surface area contributed by atoms with Crippen LogP contribution in [0.2, 0.25) is 10.0 Å². The van der Waals surface area contributed by atoms with Crippen molar-refractivity contribution in [2.45, 2.75) is 18.0 Å². The molecule has 4 rings (SSSR count). The van der Waals surface area contributed by atoms with Crippen molar-refractivity contribution in [2.75, 3.05) is 29.1 Å². The van der Waals surface area contributed by atoms with E-state index in [0.717, 1.165) is 31.6 Å². The molecule has 0 spiro atoms. The zero-order valence-corrected chi connectivity index (χ0v) is 19.0. The highest BCUT2D eigenvalue weighted by Crippen LogP contribution is 2.30. The molecular formula is C20H18Cl2N6O3S. The van der Waals surface area contributed by atoms with Gasteiger partial charge < -0.3 is 10.2 Å². The number of non-ortho nitro benzene ring substituents is 1. The number of nitro groups is 1. The smallest absolute Gasteiger partial charge is 0.271 e. The van der Waals surface area contributed by atoms with Crippen molar-refractivity contribution in [2.24, 2.45) is 0 Å². The third-order valence-electron chi connectivity index (χ3n) is 4.84. The number of nitro benzene ring substituents is 1. The van der Waals surface area contributed by atoms with E-state index in [1.54, 1.807) is 6.07 Å². The number of nitrogens with one attached hydrogen (secondary N) is 1. The summed E-state index contributed by atoms with van der Waals surface area (Å²) in [6, 6.07) is 11.3. The van der Waals surface area contributed by atoms with Gasteiger partial charge in [0.1, 0.15) is 0 Å². The molecule has 1 N–H and O–H groups in total. The maximum absolute atomic E-state index is 12.5. The maximum Gasteiger partial charge on any atom is 0.271 e. The number of aromatic nitrogens is 3. The van der Waals surface area contributed by atoms with Crippen LogP contribution in [0, 0.1) is 10.1 Å². The van der Waals surface area contributed by atoms with Crippen LogP contribution in [0.4, 0.5) is 17.3 Å². The number of rotatable bonds is 7. The largest absolute Gasteiger partial charge is 0.341 e. The fourth-order valence-corrected chi connectivity index (χ4v) is 4.51. The molecule has 0 atom stereocenters. The molecule has 1 aliphatic heterocycles. The number of hydrogen-bond donors (Lipinski definition) is 1. The molecule has 1 aromatic heterocycles. The maximum atomic E-state index is 12.5. The van der Waals surface area contributed by atoms with Crippen molar-refractivity contribution < 1.29 is 9.72 Å². The minimum absolute atomic E-state index is 0.0476. The van der Waals surface area contributed by atoms with Gasteiger partial charge in [-0.25, -0.2) is 0 Å². The van der Waals surface area contributed by atoms with Crippen LogP contribution < -0.4 is 10.2 Å². The van der Waals surface area contributed by atoms with Gasteiger partial charge >= 0.3 is 0 Å². The summed E-state index contributed by atoms with van der Waals surface area (Å²) in [6.07, 6.45) is 2.17. The van der Waals surface area contributed by atoms with Crippen LogP contribution in [-0.2, 0) is 4.79 Å². The predicted octanol–water partition coefficient (Wildman–Crippen LogP) is 4.81. The second-order valence-corrected chi connectivity index (χ2v) is 8.84. The topological polar surface area (TPSA) is 106 Å². The van der Waals surface area contributed by atoms with Gasteiger partial charge in [0.05, 0.1) is 27.1 Å². The van der Waals surface area contributed by atoms with E-state index in [-0.39, 0.29) is 22.4 Å². The number of nitrogens with zero attached hydrogens (tertiary/aromatic N) is 5. The van der Waals surface area contributed by atoms with E-state index in [4.69, 9.17) is 23.2 Å². The zero-order valence-electron chi connectivity index (χ0n) is 16.7. The first kappa shape index (κ1) is 22.4. The van der Waals surface area contributed by atoms with Crippen molar-refractivity contribution in [1.82, 2.24) is 14.8 Å². The number of carbonyl (C=O) groups is 1. The monoisotopic (exact) mass is 492 g/mol. The molecule has 1 fully saturated rings. The van der Waals surface area contributed by atoms with Gasteiger partial charge in [0.2, 0.25) is 11.9 Å². The average molecular weight is 493 g/mol. The molecule has 9 nitrogen and oxygen atoms in total. The van der Waals surface area contributed by atoms with E-state index >= 15 is 0 Å². The third-order valence-corrected chi connectivity index (χ3v) is 6.32. The standard InChI is InChI=1S/C20H18Cl2N6O3S/c21-13-4-3-5-14(10-13)27-19(26-8-1-2-9-26)24-25-20(27)32-12-18(29)23-17-7-6-15(28(30)31)11-16(17)22/h3-7,10-11H,1-2,8-9,12H2,(H,23,29). The van der Waals surface area contributed by atoms with Gasteiger partial charge in [-0.1, -0.05) is 41.0 Å². The van der Waals surface area contributed by atoms with Gasteiger partial charge in [0.25, 0.3) is 5.69 Å². The van der Waals surface area contributed by atoms with E-state index in [1.165, 1.54) is 30.0 Å². The molecule has 1 saturated heterocycles. The number of benzene rings is 2. The summed E-state index contributed by atoms with van der Waals surface area (Å²) in [5.74, 6) is 0.437. The lowest BCUT2D eigenvalue weighted by Gasteiger charge is -2.18. The van der Waals surface area contributed by atoms with Crippen LogP contribution in [0.1, 0.15) is 12.8 Å².